The van der Waals surface area contributed by atoms with Crippen molar-refractivity contribution in [3.05, 3.63) is 0 Å². The Bertz CT molecular complexity index is 186. The molecule has 0 aromatic heterocycles. The Morgan fingerprint density at radius 3 is 2.50 bits per heavy atom. The van der Waals surface area contributed by atoms with Gasteiger partial charge in [0.2, 0.25) is 0 Å². The SMILES string of the molecule is CNC(C=O)CSSCC(N)C(C)=O. The van der Waals surface area contributed by atoms with Crippen LogP contribution in [-0.2, 0) is 9.59 Å². The Labute approximate surface area is 92.2 Å². The molecule has 0 aromatic carbocycles. The molecule has 0 bridgehead atoms. The molecule has 3 N–H and O–H groups in total. The van der Waals surface area contributed by atoms with E-state index in [2.05, 4.69) is 5.32 Å². The zero-order valence-electron chi connectivity index (χ0n) is 8.36. The molecule has 0 aliphatic carbocycles. The standard InChI is InChI=1S/C8H16N2O2S2/c1-6(12)8(9)5-14-13-4-7(3-11)10-2/h3,7-8,10H,4-5,9H2,1-2H3. The maximum atomic E-state index is 10.8. The second kappa shape index (κ2) is 8.28. The van der Waals surface area contributed by atoms with Crippen LogP contribution in [-0.4, -0.2) is 42.7 Å². The summed E-state index contributed by atoms with van der Waals surface area (Å²) in [6.45, 7) is 1.48. The molecule has 4 nitrogen and oxygen atoms in total. The highest BCUT2D eigenvalue weighted by atomic mass is 33.1. The van der Waals surface area contributed by atoms with Crippen molar-refractivity contribution in [2.45, 2.75) is 19.0 Å². The van der Waals surface area contributed by atoms with Crippen LogP contribution in [0.5, 0.6) is 0 Å². The third-order valence-corrected chi connectivity index (χ3v) is 4.11. The van der Waals surface area contributed by atoms with Crippen molar-refractivity contribution in [2.24, 2.45) is 5.73 Å². The van der Waals surface area contributed by atoms with Gasteiger partial charge in [-0.05, 0) is 14.0 Å². The molecule has 6 heteroatoms. The summed E-state index contributed by atoms with van der Waals surface area (Å²) in [6.07, 6.45) is 0.873. The van der Waals surface area contributed by atoms with Gasteiger partial charge in [-0.15, -0.1) is 0 Å². The lowest BCUT2D eigenvalue weighted by Crippen LogP contribution is -2.31. The summed E-state index contributed by atoms with van der Waals surface area (Å²) in [7, 11) is 4.81. The molecule has 0 rings (SSSR count). The summed E-state index contributed by atoms with van der Waals surface area (Å²) in [5.74, 6) is 1.28. The average molecular weight is 236 g/mol. The third-order valence-electron chi connectivity index (χ3n) is 1.64. The number of ketones is 1. The van der Waals surface area contributed by atoms with E-state index >= 15 is 0 Å². The summed E-state index contributed by atoms with van der Waals surface area (Å²) in [5.41, 5.74) is 5.53. The Morgan fingerprint density at radius 2 is 2.07 bits per heavy atom. The highest BCUT2D eigenvalue weighted by Crippen LogP contribution is 2.22. The van der Waals surface area contributed by atoms with Crippen molar-refractivity contribution in [2.75, 3.05) is 18.6 Å². The largest absolute Gasteiger partial charge is 0.321 e. The van der Waals surface area contributed by atoms with E-state index < -0.39 is 6.04 Å². The average Bonchev–Trinajstić information content (AvgIpc) is 2.17. The van der Waals surface area contributed by atoms with Crippen LogP contribution in [0.25, 0.3) is 0 Å². The number of hydrogen-bond donors (Lipinski definition) is 2. The van der Waals surface area contributed by atoms with Gasteiger partial charge in [-0.2, -0.15) is 0 Å². The van der Waals surface area contributed by atoms with Gasteiger partial charge in [0.05, 0.1) is 12.1 Å². The van der Waals surface area contributed by atoms with E-state index in [-0.39, 0.29) is 11.8 Å². The molecule has 0 aliphatic heterocycles. The summed E-state index contributed by atoms with van der Waals surface area (Å²) < 4.78 is 0. The van der Waals surface area contributed by atoms with Gasteiger partial charge in [0.25, 0.3) is 0 Å². The molecule has 0 radical (unpaired) electrons. The smallest absolute Gasteiger partial charge is 0.147 e. The van der Waals surface area contributed by atoms with Crippen molar-refractivity contribution in [1.82, 2.24) is 5.32 Å². The third kappa shape index (κ3) is 6.42. The molecule has 0 saturated carbocycles. The lowest BCUT2D eigenvalue weighted by Gasteiger charge is -2.09. The second-order valence-corrected chi connectivity index (χ2v) is 5.37. The lowest BCUT2D eigenvalue weighted by atomic mass is 10.3. The van der Waals surface area contributed by atoms with E-state index in [0.717, 1.165) is 6.29 Å². The summed E-state index contributed by atoms with van der Waals surface area (Å²) >= 11 is 0. The fourth-order valence-electron chi connectivity index (χ4n) is 0.551. The molecule has 0 heterocycles. The predicted octanol–water partition coefficient (Wildman–Crippen LogP) is 0.0710. The number of nitrogens with two attached hydrogens (primary N) is 1. The minimum absolute atomic E-state index is 0.00125. The minimum atomic E-state index is -0.392. The van der Waals surface area contributed by atoms with Crippen molar-refractivity contribution in [3.63, 3.8) is 0 Å². The molecule has 0 aliphatic rings. The molecular formula is C8H16N2O2S2. The molecule has 14 heavy (non-hydrogen) atoms. The number of carbonyl (C=O) groups excluding carboxylic acids is 2. The maximum Gasteiger partial charge on any atom is 0.147 e. The number of carbonyl (C=O) groups is 2. The molecule has 2 unspecified atom stereocenters. The zero-order chi connectivity index (χ0) is 11.0. The topological polar surface area (TPSA) is 72.2 Å². The van der Waals surface area contributed by atoms with Crippen LogP contribution in [0, 0.1) is 0 Å². The van der Waals surface area contributed by atoms with Gasteiger partial charge in [0.1, 0.15) is 12.1 Å². The number of hydrogen-bond acceptors (Lipinski definition) is 6. The Kier molecular flexibility index (Phi) is 8.26. The van der Waals surface area contributed by atoms with Crippen LogP contribution in [0.3, 0.4) is 0 Å². The summed E-state index contributed by atoms with van der Waals surface area (Å²) in [6, 6.07) is -0.516. The molecule has 0 fully saturated rings. The predicted molar refractivity (Wildman–Crippen MR) is 62.5 cm³/mol. The monoisotopic (exact) mass is 236 g/mol. The van der Waals surface area contributed by atoms with Gasteiger partial charge in [0, 0.05) is 11.5 Å². The van der Waals surface area contributed by atoms with Gasteiger partial charge in [-0.1, -0.05) is 21.6 Å². The number of rotatable bonds is 8. The number of nitrogens with one attached hydrogen (secondary N) is 1. The van der Waals surface area contributed by atoms with Gasteiger partial charge in [-0.3, -0.25) is 4.79 Å². The first-order valence-corrected chi connectivity index (χ1v) is 6.73. The first-order chi connectivity index (χ1) is 6.61. The van der Waals surface area contributed by atoms with Crippen LogP contribution in [0.2, 0.25) is 0 Å². The first kappa shape index (κ1) is 14.0. The van der Waals surface area contributed by atoms with E-state index in [0.29, 0.717) is 11.5 Å². The highest BCUT2D eigenvalue weighted by Gasteiger charge is 2.09. The molecule has 82 valence electrons. The Morgan fingerprint density at radius 1 is 1.50 bits per heavy atom. The van der Waals surface area contributed by atoms with Crippen molar-refractivity contribution >= 4 is 33.7 Å². The molecule has 2 atom stereocenters. The molecule has 0 saturated heterocycles. The number of Topliss-reactive ketones (excluding diaryl/α,β-unsaturated/α-hetero) is 1. The van der Waals surface area contributed by atoms with Crippen LogP contribution >= 0.6 is 21.6 Å². The molecule has 0 spiro atoms. The highest BCUT2D eigenvalue weighted by molar-refractivity contribution is 8.76. The quantitative estimate of drug-likeness (QED) is 0.353. The fourth-order valence-corrected chi connectivity index (χ4v) is 2.97. The molecular weight excluding hydrogens is 220 g/mol. The second-order valence-electron chi connectivity index (χ2n) is 2.82. The van der Waals surface area contributed by atoms with E-state index in [1.54, 1.807) is 17.8 Å². The summed E-state index contributed by atoms with van der Waals surface area (Å²) in [5, 5.41) is 2.86. The fraction of sp³-hybridized carbons (Fsp3) is 0.750. The van der Waals surface area contributed by atoms with E-state index in [1.807, 2.05) is 0 Å². The van der Waals surface area contributed by atoms with Crippen molar-refractivity contribution in [3.8, 4) is 0 Å². The van der Waals surface area contributed by atoms with E-state index in [4.69, 9.17) is 5.73 Å². The normalized spacial score (nSPS) is 14.8. The van der Waals surface area contributed by atoms with Gasteiger partial charge in [-0.25, -0.2) is 0 Å². The molecule has 0 amide bonds. The van der Waals surface area contributed by atoms with Crippen LogP contribution < -0.4 is 11.1 Å². The lowest BCUT2D eigenvalue weighted by molar-refractivity contribution is -0.117. The summed E-state index contributed by atoms with van der Waals surface area (Å²) in [4.78, 5) is 21.2. The molecule has 0 aromatic rings. The number of likely N-dealkylation sites (N-methyl/N-ethyl adjacent to an activating group) is 1. The van der Waals surface area contributed by atoms with Gasteiger partial charge in [0.15, 0.2) is 0 Å². The van der Waals surface area contributed by atoms with Crippen molar-refractivity contribution in [1.29, 1.82) is 0 Å². The van der Waals surface area contributed by atoms with E-state index in [1.165, 1.54) is 17.7 Å². The van der Waals surface area contributed by atoms with Crippen LogP contribution in [0.15, 0.2) is 0 Å². The van der Waals surface area contributed by atoms with E-state index in [9.17, 15) is 9.59 Å². The van der Waals surface area contributed by atoms with Crippen LogP contribution in [0.4, 0.5) is 0 Å². The number of aldehydes is 1. The zero-order valence-corrected chi connectivity index (χ0v) is 9.99. The van der Waals surface area contributed by atoms with Gasteiger partial charge >= 0.3 is 0 Å². The minimum Gasteiger partial charge on any atom is -0.321 e. The van der Waals surface area contributed by atoms with Gasteiger partial charge < -0.3 is 15.8 Å². The van der Waals surface area contributed by atoms with Crippen molar-refractivity contribution < 1.29 is 9.59 Å². The Balaban J connectivity index is 3.45. The first-order valence-electron chi connectivity index (χ1n) is 4.24. The maximum absolute atomic E-state index is 10.8. The van der Waals surface area contributed by atoms with Crippen LogP contribution in [0.1, 0.15) is 6.92 Å². The Hall–Kier alpha value is -0.0400.